The maximum Gasteiger partial charge on any atom is -0.00156 e. The summed E-state index contributed by atoms with van der Waals surface area (Å²) in [4.78, 5) is 2.73. The normalized spacial score (nSPS) is 31.6. The topological polar surface area (TPSA) is 15.3 Å². The molecule has 0 aliphatic carbocycles. The van der Waals surface area contributed by atoms with E-state index in [2.05, 4.69) is 17.1 Å². The van der Waals surface area contributed by atoms with Gasteiger partial charge in [0.05, 0.1) is 0 Å². The Balaban J connectivity index is 1.63. The Morgan fingerprint density at radius 1 is 1.06 bits per heavy atom. The van der Waals surface area contributed by atoms with Gasteiger partial charge < -0.3 is 10.2 Å². The lowest BCUT2D eigenvalue weighted by molar-refractivity contribution is 0.259. The van der Waals surface area contributed by atoms with Crippen molar-refractivity contribution in [2.45, 2.75) is 51.9 Å². The average molecular weight is 238 g/mol. The average Bonchev–Trinajstić information content (AvgIpc) is 2.75. The molecule has 0 saturated carbocycles. The summed E-state index contributed by atoms with van der Waals surface area (Å²) in [5.41, 5.74) is 0. The van der Waals surface area contributed by atoms with Gasteiger partial charge in [0.2, 0.25) is 0 Å². The lowest BCUT2D eigenvalue weighted by atomic mass is 9.96. The van der Waals surface area contributed by atoms with Gasteiger partial charge in [0.1, 0.15) is 0 Å². The second-order valence-electron chi connectivity index (χ2n) is 6.07. The molecule has 0 bridgehead atoms. The van der Waals surface area contributed by atoms with E-state index in [1.807, 2.05) is 0 Å². The molecule has 100 valence electrons. The molecular formula is C15H30N2. The van der Waals surface area contributed by atoms with Crippen LogP contribution in [0.25, 0.3) is 0 Å². The molecule has 2 rings (SSSR count). The number of hydrogen-bond donors (Lipinski definition) is 1. The molecule has 2 aliphatic rings. The Morgan fingerprint density at radius 2 is 2.00 bits per heavy atom. The van der Waals surface area contributed by atoms with Crippen molar-refractivity contribution < 1.29 is 0 Å². The quantitative estimate of drug-likeness (QED) is 0.792. The number of likely N-dealkylation sites (tertiary alicyclic amines) is 1. The van der Waals surface area contributed by atoms with E-state index in [1.165, 1.54) is 77.7 Å². The minimum atomic E-state index is 0.963. The van der Waals surface area contributed by atoms with E-state index in [0.717, 1.165) is 11.8 Å². The fourth-order valence-corrected chi connectivity index (χ4v) is 3.47. The van der Waals surface area contributed by atoms with Crippen molar-refractivity contribution in [1.82, 2.24) is 10.2 Å². The van der Waals surface area contributed by atoms with Crippen molar-refractivity contribution in [3.63, 3.8) is 0 Å². The minimum Gasteiger partial charge on any atom is -0.316 e. The van der Waals surface area contributed by atoms with Crippen LogP contribution in [0.3, 0.4) is 0 Å². The van der Waals surface area contributed by atoms with E-state index in [-0.39, 0.29) is 0 Å². The summed E-state index contributed by atoms with van der Waals surface area (Å²) in [6, 6.07) is 0. The third kappa shape index (κ3) is 4.59. The van der Waals surface area contributed by atoms with Crippen LogP contribution in [0.4, 0.5) is 0 Å². The molecule has 2 heterocycles. The Kier molecular flexibility index (Phi) is 5.79. The molecule has 0 aromatic carbocycles. The SMILES string of the molecule is CCCC1CCCN(CCC2CCNC2)CC1. The maximum atomic E-state index is 3.48. The summed E-state index contributed by atoms with van der Waals surface area (Å²) >= 11 is 0. The first-order valence-electron chi connectivity index (χ1n) is 7.81. The van der Waals surface area contributed by atoms with Crippen LogP contribution in [0.15, 0.2) is 0 Å². The lowest BCUT2D eigenvalue weighted by Crippen LogP contribution is -2.27. The molecule has 2 saturated heterocycles. The van der Waals surface area contributed by atoms with E-state index >= 15 is 0 Å². The molecule has 1 N–H and O–H groups in total. The summed E-state index contributed by atoms with van der Waals surface area (Å²) < 4.78 is 0. The molecular weight excluding hydrogens is 208 g/mol. The van der Waals surface area contributed by atoms with E-state index in [4.69, 9.17) is 0 Å². The van der Waals surface area contributed by atoms with Gasteiger partial charge in [0, 0.05) is 0 Å². The third-order valence-electron chi connectivity index (χ3n) is 4.65. The number of rotatable bonds is 5. The van der Waals surface area contributed by atoms with Crippen LogP contribution in [-0.2, 0) is 0 Å². The molecule has 0 aromatic rings. The van der Waals surface area contributed by atoms with Crippen molar-refractivity contribution in [2.24, 2.45) is 11.8 Å². The maximum absolute atomic E-state index is 3.48. The molecule has 2 heteroatoms. The zero-order valence-corrected chi connectivity index (χ0v) is 11.6. The Morgan fingerprint density at radius 3 is 2.76 bits per heavy atom. The van der Waals surface area contributed by atoms with Crippen LogP contribution in [0, 0.1) is 11.8 Å². The second kappa shape index (κ2) is 7.38. The van der Waals surface area contributed by atoms with Crippen molar-refractivity contribution in [3.05, 3.63) is 0 Å². The molecule has 2 aliphatic heterocycles. The van der Waals surface area contributed by atoms with E-state index in [0.29, 0.717) is 0 Å². The summed E-state index contributed by atoms with van der Waals surface area (Å²) in [7, 11) is 0. The zero-order chi connectivity index (χ0) is 11.9. The number of nitrogens with one attached hydrogen (secondary N) is 1. The van der Waals surface area contributed by atoms with E-state index < -0.39 is 0 Å². The van der Waals surface area contributed by atoms with Crippen molar-refractivity contribution in [1.29, 1.82) is 0 Å². The van der Waals surface area contributed by atoms with Gasteiger partial charge in [0.15, 0.2) is 0 Å². The Labute approximate surface area is 107 Å². The lowest BCUT2D eigenvalue weighted by Gasteiger charge is -2.21. The van der Waals surface area contributed by atoms with Crippen molar-refractivity contribution in [2.75, 3.05) is 32.7 Å². The van der Waals surface area contributed by atoms with Crippen LogP contribution < -0.4 is 5.32 Å². The Hall–Kier alpha value is -0.0800. The van der Waals surface area contributed by atoms with Crippen LogP contribution in [-0.4, -0.2) is 37.6 Å². The first-order valence-corrected chi connectivity index (χ1v) is 7.81. The number of nitrogens with zero attached hydrogens (tertiary/aromatic N) is 1. The zero-order valence-electron chi connectivity index (χ0n) is 11.6. The van der Waals surface area contributed by atoms with Gasteiger partial charge in [-0.1, -0.05) is 19.8 Å². The molecule has 2 nitrogen and oxygen atoms in total. The highest BCUT2D eigenvalue weighted by Gasteiger charge is 2.19. The van der Waals surface area contributed by atoms with Crippen LogP contribution in [0.1, 0.15) is 51.9 Å². The molecule has 0 amide bonds. The predicted octanol–water partition coefficient (Wildman–Crippen LogP) is 2.89. The summed E-state index contributed by atoms with van der Waals surface area (Å²) in [5.74, 6) is 1.99. The predicted molar refractivity (Wildman–Crippen MR) is 74.3 cm³/mol. The third-order valence-corrected chi connectivity index (χ3v) is 4.65. The first-order chi connectivity index (χ1) is 8.38. The number of hydrogen-bond acceptors (Lipinski definition) is 2. The molecule has 0 aromatic heterocycles. The first kappa shape index (κ1) is 13.4. The monoisotopic (exact) mass is 238 g/mol. The minimum absolute atomic E-state index is 0.963. The highest BCUT2D eigenvalue weighted by Crippen LogP contribution is 2.22. The largest absolute Gasteiger partial charge is 0.316 e. The van der Waals surface area contributed by atoms with Gasteiger partial charge in [-0.15, -0.1) is 0 Å². The highest BCUT2D eigenvalue weighted by molar-refractivity contribution is 4.75. The van der Waals surface area contributed by atoms with Crippen LogP contribution in [0.2, 0.25) is 0 Å². The van der Waals surface area contributed by atoms with Gasteiger partial charge in [-0.2, -0.15) is 0 Å². The van der Waals surface area contributed by atoms with Crippen molar-refractivity contribution in [3.8, 4) is 0 Å². The van der Waals surface area contributed by atoms with Gasteiger partial charge in [-0.3, -0.25) is 0 Å². The highest BCUT2D eigenvalue weighted by atomic mass is 15.1. The molecule has 2 atom stereocenters. The smallest absolute Gasteiger partial charge is 0.00156 e. The van der Waals surface area contributed by atoms with Crippen molar-refractivity contribution >= 4 is 0 Å². The van der Waals surface area contributed by atoms with Crippen LogP contribution in [0.5, 0.6) is 0 Å². The summed E-state index contributed by atoms with van der Waals surface area (Å²) in [6.07, 6.45) is 10.0. The van der Waals surface area contributed by atoms with Gasteiger partial charge in [-0.25, -0.2) is 0 Å². The Bertz CT molecular complexity index is 199. The van der Waals surface area contributed by atoms with E-state index in [9.17, 15) is 0 Å². The fourth-order valence-electron chi connectivity index (χ4n) is 3.47. The standard InChI is InChI=1S/C15H30N2/c1-2-4-14-5-3-10-17(11-7-14)12-8-15-6-9-16-13-15/h14-16H,2-13H2,1H3. The van der Waals surface area contributed by atoms with E-state index in [1.54, 1.807) is 0 Å². The van der Waals surface area contributed by atoms with Gasteiger partial charge in [0.25, 0.3) is 0 Å². The molecule has 2 unspecified atom stereocenters. The van der Waals surface area contributed by atoms with Crippen LogP contribution >= 0.6 is 0 Å². The summed E-state index contributed by atoms with van der Waals surface area (Å²) in [6.45, 7) is 8.93. The molecule has 0 spiro atoms. The fraction of sp³-hybridized carbons (Fsp3) is 1.00. The van der Waals surface area contributed by atoms with Gasteiger partial charge in [-0.05, 0) is 76.7 Å². The molecule has 17 heavy (non-hydrogen) atoms. The van der Waals surface area contributed by atoms with Gasteiger partial charge >= 0.3 is 0 Å². The molecule has 2 fully saturated rings. The second-order valence-corrected chi connectivity index (χ2v) is 6.07. The summed E-state index contributed by atoms with van der Waals surface area (Å²) in [5, 5.41) is 3.48. The molecule has 0 radical (unpaired) electrons.